The van der Waals surface area contributed by atoms with Crippen LogP contribution in [0.1, 0.15) is 22.7 Å². The van der Waals surface area contributed by atoms with Crippen LogP contribution in [0.2, 0.25) is 0 Å². The number of para-hydroxylation sites is 1. The number of benzene rings is 3. The van der Waals surface area contributed by atoms with Gasteiger partial charge in [0.25, 0.3) is 0 Å². The van der Waals surface area contributed by atoms with Gasteiger partial charge in [0.15, 0.2) is 0 Å². The topological polar surface area (TPSA) is 45.5 Å². The van der Waals surface area contributed by atoms with E-state index < -0.39 is 12.0 Å². The maximum Gasteiger partial charge on any atom is 0.325 e. The molecular formula is C25H24N2O2. The van der Waals surface area contributed by atoms with Gasteiger partial charge < -0.3 is 9.67 Å². The molecule has 1 N–H and O–H groups in total. The smallest absolute Gasteiger partial charge is 0.325 e. The van der Waals surface area contributed by atoms with Gasteiger partial charge in [0, 0.05) is 35.8 Å². The second-order valence-corrected chi connectivity index (χ2v) is 7.36. The quantitative estimate of drug-likeness (QED) is 0.490. The lowest BCUT2D eigenvalue weighted by molar-refractivity contribution is -0.143. The van der Waals surface area contributed by atoms with E-state index in [1.165, 1.54) is 5.56 Å². The van der Waals surface area contributed by atoms with Gasteiger partial charge in [-0.2, -0.15) is 0 Å². The largest absolute Gasteiger partial charge is 0.480 e. The standard InChI is InChI=1S/C25H24N2O2/c1-26(16-19-10-4-2-5-11-19)24(25(28)29)22-18-27(17-20-12-6-3-7-13-20)23-15-9-8-14-21(22)23/h2-15,18,24H,16-17H2,1H3,(H,28,29). The molecule has 0 saturated carbocycles. The average Bonchev–Trinajstić information content (AvgIpc) is 3.07. The van der Waals surface area contributed by atoms with Crippen LogP contribution in [0.5, 0.6) is 0 Å². The summed E-state index contributed by atoms with van der Waals surface area (Å²) in [4.78, 5) is 14.2. The number of carbonyl (C=O) groups is 1. The van der Waals surface area contributed by atoms with Crippen LogP contribution in [-0.2, 0) is 17.9 Å². The number of carboxylic acid groups (broad SMARTS) is 1. The third kappa shape index (κ3) is 4.08. The lowest BCUT2D eigenvalue weighted by Gasteiger charge is -2.24. The maximum atomic E-state index is 12.3. The number of likely N-dealkylation sites (N-methyl/N-ethyl adjacent to an activating group) is 1. The molecule has 1 atom stereocenters. The lowest BCUT2D eigenvalue weighted by Crippen LogP contribution is -2.30. The van der Waals surface area contributed by atoms with Crippen molar-refractivity contribution < 1.29 is 9.90 Å². The van der Waals surface area contributed by atoms with E-state index >= 15 is 0 Å². The van der Waals surface area contributed by atoms with E-state index in [0.717, 1.165) is 22.0 Å². The molecule has 0 spiro atoms. The Bertz CT molecular complexity index is 1100. The molecule has 146 valence electrons. The van der Waals surface area contributed by atoms with E-state index in [1.54, 1.807) is 0 Å². The van der Waals surface area contributed by atoms with Crippen LogP contribution in [0.4, 0.5) is 0 Å². The van der Waals surface area contributed by atoms with Gasteiger partial charge >= 0.3 is 5.97 Å². The highest BCUT2D eigenvalue weighted by Gasteiger charge is 2.28. The molecule has 4 nitrogen and oxygen atoms in total. The third-order valence-electron chi connectivity index (χ3n) is 5.26. The van der Waals surface area contributed by atoms with Crippen molar-refractivity contribution in [2.75, 3.05) is 7.05 Å². The minimum Gasteiger partial charge on any atom is -0.480 e. The third-order valence-corrected chi connectivity index (χ3v) is 5.26. The Morgan fingerprint density at radius 2 is 1.48 bits per heavy atom. The molecule has 1 aromatic heterocycles. The van der Waals surface area contributed by atoms with E-state index in [1.807, 2.05) is 84.9 Å². The van der Waals surface area contributed by atoms with Gasteiger partial charge in [-0.25, -0.2) is 0 Å². The minimum atomic E-state index is -0.842. The Kier molecular flexibility index (Phi) is 5.45. The van der Waals surface area contributed by atoms with Crippen molar-refractivity contribution in [2.24, 2.45) is 0 Å². The Morgan fingerprint density at radius 1 is 0.897 bits per heavy atom. The van der Waals surface area contributed by atoms with Crippen LogP contribution in [0.3, 0.4) is 0 Å². The molecule has 0 radical (unpaired) electrons. The zero-order valence-corrected chi connectivity index (χ0v) is 16.4. The summed E-state index contributed by atoms with van der Waals surface area (Å²) >= 11 is 0. The van der Waals surface area contributed by atoms with Crippen molar-refractivity contribution in [2.45, 2.75) is 19.1 Å². The predicted molar refractivity (Wildman–Crippen MR) is 116 cm³/mol. The molecule has 0 aliphatic carbocycles. The Labute approximate surface area is 170 Å². The summed E-state index contributed by atoms with van der Waals surface area (Å²) < 4.78 is 2.15. The number of aliphatic carboxylic acids is 1. The first kappa shape index (κ1) is 19.0. The summed E-state index contributed by atoms with van der Waals surface area (Å²) in [5.41, 5.74) is 4.15. The molecule has 0 amide bonds. The summed E-state index contributed by atoms with van der Waals surface area (Å²) in [6.45, 7) is 1.27. The van der Waals surface area contributed by atoms with Gasteiger partial charge in [-0.3, -0.25) is 9.69 Å². The zero-order valence-electron chi connectivity index (χ0n) is 16.4. The number of aromatic nitrogens is 1. The highest BCUT2D eigenvalue weighted by molar-refractivity contribution is 5.89. The van der Waals surface area contributed by atoms with Gasteiger partial charge in [-0.05, 0) is 24.2 Å². The van der Waals surface area contributed by atoms with Crippen LogP contribution in [0.15, 0.2) is 91.1 Å². The summed E-state index contributed by atoms with van der Waals surface area (Å²) in [6.07, 6.45) is 2.00. The number of rotatable bonds is 7. The molecule has 1 unspecified atom stereocenters. The molecular weight excluding hydrogens is 360 g/mol. The van der Waals surface area contributed by atoms with Crippen molar-refractivity contribution in [1.29, 1.82) is 0 Å². The first-order valence-electron chi connectivity index (χ1n) is 9.72. The summed E-state index contributed by atoms with van der Waals surface area (Å²) in [6, 6.07) is 27.5. The van der Waals surface area contributed by atoms with E-state index in [2.05, 4.69) is 22.8 Å². The SMILES string of the molecule is CN(Cc1ccccc1)C(C(=O)O)c1cn(Cc2ccccc2)c2ccccc12. The summed E-state index contributed by atoms with van der Waals surface area (Å²) in [5.74, 6) is -0.842. The lowest BCUT2D eigenvalue weighted by atomic mass is 10.0. The van der Waals surface area contributed by atoms with Crippen molar-refractivity contribution >= 4 is 16.9 Å². The molecule has 3 aromatic carbocycles. The Balaban J connectivity index is 1.73. The van der Waals surface area contributed by atoms with Crippen molar-refractivity contribution in [3.05, 3.63) is 108 Å². The number of nitrogens with zero attached hydrogens (tertiary/aromatic N) is 2. The predicted octanol–water partition coefficient (Wildman–Crippen LogP) is 4.95. The number of carboxylic acids is 1. The van der Waals surface area contributed by atoms with Gasteiger partial charge in [-0.1, -0.05) is 78.9 Å². The van der Waals surface area contributed by atoms with E-state index in [4.69, 9.17) is 0 Å². The second-order valence-electron chi connectivity index (χ2n) is 7.36. The Hall–Kier alpha value is -3.37. The second kappa shape index (κ2) is 8.33. The summed E-state index contributed by atoms with van der Waals surface area (Å²) in [7, 11) is 1.87. The molecule has 0 saturated heterocycles. The van der Waals surface area contributed by atoms with Gasteiger partial charge in [0.2, 0.25) is 0 Å². The van der Waals surface area contributed by atoms with Gasteiger partial charge in [0.05, 0.1) is 0 Å². The number of hydrogen-bond acceptors (Lipinski definition) is 2. The molecule has 0 bridgehead atoms. The maximum absolute atomic E-state index is 12.3. The molecule has 4 aromatic rings. The van der Waals surface area contributed by atoms with Gasteiger partial charge in [0.1, 0.15) is 6.04 Å². The minimum absolute atomic E-state index is 0.565. The van der Waals surface area contributed by atoms with Crippen molar-refractivity contribution in [1.82, 2.24) is 9.47 Å². The monoisotopic (exact) mass is 384 g/mol. The van der Waals surface area contributed by atoms with E-state index in [0.29, 0.717) is 13.1 Å². The molecule has 4 heteroatoms. The Morgan fingerprint density at radius 3 is 2.14 bits per heavy atom. The molecule has 0 fully saturated rings. The highest BCUT2D eigenvalue weighted by Crippen LogP contribution is 2.31. The molecule has 0 aliphatic rings. The van der Waals surface area contributed by atoms with Crippen molar-refractivity contribution in [3.63, 3.8) is 0 Å². The molecule has 0 aliphatic heterocycles. The fourth-order valence-corrected chi connectivity index (χ4v) is 3.93. The van der Waals surface area contributed by atoms with Crippen LogP contribution in [0.25, 0.3) is 10.9 Å². The molecule has 29 heavy (non-hydrogen) atoms. The number of hydrogen-bond donors (Lipinski definition) is 1. The van der Waals surface area contributed by atoms with Crippen LogP contribution < -0.4 is 0 Å². The van der Waals surface area contributed by atoms with Gasteiger partial charge in [-0.15, -0.1) is 0 Å². The first-order chi connectivity index (χ1) is 14.1. The van der Waals surface area contributed by atoms with Crippen LogP contribution >= 0.6 is 0 Å². The van der Waals surface area contributed by atoms with E-state index in [-0.39, 0.29) is 0 Å². The first-order valence-corrected chi connectivity index (χ1v) is 9.72. The normalized spacial score (nSPS) is 12.3. The number of fused-ring (bicyclic) bond motifs is 1. The molecule has 1 heterocycles. The fourth-order valence-electron chi connectivity index (χ4n) is 3.93. The van der Waals surface area contributed by atoms with Crippen molar-refractivity contribution in [3.8, 4) is 0 Å². The fraction of sp³-hybridized carbons (Fsp3) is 0.160. The highest BCUT2D eigenvalue weighted by atomic mass is 16.4. The van der Waals surface area contributed by atoms with Crippen LogP contribution in [-0.4, -0.2) is 27.6 Å². The zero-order chi connectivity index (χ0) is 20.2. The average molecular weight is 384 g/mol. The van der Waals surface area contributed by atoms with Crippen LogP contribution in [0, 0.1) is 0 Å². The van der Waals surface area contributed by atoms with E-state index in [9.17, 15) is 9.90 Å². The summed E-state index contributed by atoms with van der Waals surface area (Å²) in [5, 5.41) is 11.1. The molecule has 4 rings (SSSR count).